The van der Waals surface area contributed by atoms with Crippen molar-refractivity contribution in [3.05, 3.63) is 144 Å². The van der Waals surface area contributed by atoms with Crippen LogP contribution in [-0.2, 0) is 22.7 Å². The van der Waals surface area contributed by atoms with Crippen LogP contribution in [0.4, 0.5) is 0 Å². The maximum Gasteiger partial charge on any atom is 0.0912 e. The molecule has 0 radical (unpaired) electrons. The van der Waals surface area contributed by atoms with Crippen LogP contribution in [0.1, 0.15) is 54.1 Å². The van der Waals surface area contributed by atoms with Crippen molar-refractivity contribution < 1.29 is 9.47 Å². The van der Waals surface area contributed by atoms with E-state index in [1.165, 1.54) is 11.1 Å². The molecule has 6 rings (SSSR count). The predicted molar refractivity (Wildman–Crippen MR) is 177 cm³/mol. The molecule has 2 fully saturated rings. The van der Waals surface area contributed by atoms with Crippen molar-refractivity contribution in [2.75, 3.05) is 26.3 Å². The lowest BCUT2D eigenvalue weighted by molar-refractivity contribution is -0.0258. The van der Waals surface area contributed by atoms with Gasteiger partial charge in [0.05, 0.1) is 51.6 Å². The molecule has 2 unspecified atom stereocenters. The fraction of sp³-hybridized carbons (Fsp3) is 0.316. The van der Waals surface area contributed by atoms with E-state index >= 15 is 0 Å². The number of hydrogen-bond donors (Lipinski definition) is 0. The van der Waals surface area contributed by atoms with Gasteiger partial charge in [0.25, 0.3) is 0 Å². The highest BCUT2D eigenvalue weighted by atomic mass is 16.5. The maximum absolute atomic E-state index is 6.44. The van der Waals surface area contributed by atoms with E-state index in [0.717, 1.165) is 42.8 Å². The minimum Gasteiger partial charge on any atom is -0.376 e. The largest absolute Gasteiger partial charge is 0.376 e. The first-order chi connectivity index (χ1) is 21.7. The van der Waals surface area contributed by atoms with Crippen molar-refractivity contribution >= 4 is 11.9 Å². The highest BCUT2D eigenvalue weighted by Crippen LogP contribution is 2.37. The lowest BCUT2D eigenvalue weighted by atomic mass is 9.81. The van der Waals surface area contributed by atoms with E-state index < -0.39 is 0 Å². The summed E-state index contributed by atoms with van der Waals surface area (Å²) in [6.45, 7) is 6.22. The van der Waals surface area contributed by atoms with Gasteiger partial charge in [-0.15, -0.1) is 0 Å². The second kappa shape index (κ2) is 14.5. The van der Waals surface area contributed by atoms with Gasteiger partial charge in [0.2, 0.25) is 0 Å². The van der Waals surface area contributed by atoms with Gasteiger partial charge in [0, 0.05) is 17.3 Å². The Morgan fingerprint density at radius 3 is 1.66 bits per heavy atom. The van der Waals surface area contributed by atoms with E-state index in [-0.39, 0.29) is 5.41 Å². The predicted octanol–water partition coefficient (Wildman–Crippen LogP) is 7.66. The highest BCUT2D eigenvalue weighted by molar-refractivity contribution is 5.83. The molecule has 0 spiro atoms. The van der Waals surface area contributed by atoms with Gasteiger partial charge in [-0.3, -0.25) is 10.0 Å². The van der Waals surface area contributed by atoms with E-state index in [9.17, 15) is 0 Å². The van der Waals surface area contributed by atoms with Crippen LogP contribution >= 0.6 is 0 Å². The van der Waals surface area contributed by atoms with Crippen molar-refractivity contribution in [3.8, 4) is 0 Å². The molecule has 4 aromatic rings. The molecule has 0 saturated carbocycles. The molecule has 0 amide bonds. The lowest BCUT2D eigenvalue weighted by Crippen LogP contribution is -2.35. The third-order valence-corrected chi connectivity index (χ3v) is 8.26. The summed E-state index contributed by atoms with van der Waals surface area (Å²) >= 11 is 0. The van der Waals surface area contributed by atoms with Gasteiger partial charge >= 0.3 is 0 Å². The Balaban J connectivity index is 1.18. The monoisotopic (exact) mass is 586 g/mol. The van der Waals surface area contributed by atoms with E-state index in [1.807, 2.05) is 12.1 Å². The zero-order chi connectivity index (χ0) is 30.0. The van der Waals surface area contributed by atoms with Crippen LogP contribution in [0.5, 0.6) is 0 Å². The molecule has 2 aliphatic rings. The van der Waals surface area contributed by atoms with Crippen molar-refractivity contribution in [2.45, 2.75) is 45.1 Å². The number of benzene rings is 4. The number of hydrazone groups is 2. The summed E-state index contributed by atoms with van der Waals surface area (Å²) in [5.74, 6) is 0. The second-order valence-corrected chi connectivity index (χ2v) is 12.1. The van der Waals surface area contributed by atoms with Crippen LogP contribution < -0.4 is 0 Å². The van der Waals surface area contributed by atoms with Crippen molar-refractivity contribution in [2.24, 2.45) is 15.6 Å². The zero-order valence-electron chi connectivity index (χ0n) is 25.5. The fourth-order valence-corrected chi connectivity index (χ4v) is 5.79. The molecular weight excluding hydrogens is 544 g/mol. The molecule has 2 saturated heterocycles. The normalized spacial score (nSPS) is 18.2. The highest BCUT2D eigenvalue weighted by Gasteiger charge is 2.37. The summed E-state index contributed by atoms with van der Waals surface area (Å²) in [5, 5.41) is 14.3. The van der Waals surface area contributed by atoms with Crippen molar-refractivity contribution in [1.82, 2.24) is 10.0 Å². The third-order valence-electron chi connectivity index (χ3n) is 8.26. The average molecular weight is 587 g/mol. The Bertz CT molecular complexity index is 1450. The van der Waals surface area contributed by atoms with Crippen LogP contribution in [0, 0.1) is 5.41 Å². The smallest absolute Gasteiger partial charge is 0.0912 e. The van der Waals surface area contributed by atoms with Gasteiger partial charge in [-0.2, -0.15) is 10.2 Å². The summed E-state index contributed by atoms with van der Waals surface area (Å²) in [6, 6.07) is 42.6. The summed E-state index contributed by atoms with van der Waals surface area (Å²) in [5.41, 5.74) is 5.70. The molecule has 2 atom stereocenters. The first kappa shape index (κ1) is 29.8. The Morgan fingerprint density at radius 1 is 0.682 bits per heavy atom. The van der Waals surface area contributed by atoms with E-state index in [4.69, 9.17) is 19.7 Å². The molecule has 226 valence electrons. The van der Waals surface area contributed by atoms with Crippen LogP contribution in [0.15, 0.2) is 132 Å². The topological polar surface area (TPSA) is 49.2 Å². The molecule has 0 aromatic heterocycles. The molecule has 6 nitrogen and oxygen atoms in total. The first-order valence-electron chi connectivity index (χ1n) is 15.6. The minimum atomic E-state index is -0.322. The lowest BCUT2D eigenvalue weighted by Gasteiger charge is -2.32. The quantitative estimate of drug-likeness (QED) is 0.0999. The Hall–Kier alpha value is -4.26. The van der Waals surface area contributed by atoms with Gasteiger partial charge in [0.1, 0.15) is 0 Å². The number of hydrogen-bond acceptors (Lipinski definition) is 6. The molecule has 0 bridgehead atoms. The maximum atomic E-state index is 6.44. The molecule has 4 aromatic carbocycles. The zero-order valence-corrected chi connectivity index (χ0v) is 25.5. The molecular formula is C38H42N4O2. The molecule has 0 aliphatic carbocycles. The van der Waals surface area contributed by atoms with Crippen LogP contribution in [0.3, 0.4) is 0 Å². The van der Waals surface area contributed by atoms with Crippen molar-refractivity contribution in [1.29, 1.82) is 0 Å². The Labute approximate surface area is 261 Å². The third kappa shape index (κ3) is 8.43. The fourth-order valence-electron chi connectivity index (χ4n) is 5.79. The summed E-state index contributed by atoms with van der Waals surface area (Å²) in [6.07, 6.45) is 3.55. The summed E-state index contributed by atoms with van der Waals surface area (Å²) in [7, 11) is 0. The molecule has 6 heteroatoms. The standard InChI is InChI=1S/C38H42N4O2/c1-31(40-42-26-37(42)35-20-12-5-13-21-35)24-38(29-43-27-32-14-6-2-7-15-32,30-44-28-33-16-8-3-9-17-33)22-23-39-41-25-36(41)34-18-10-4-11-19-34/h2-21,23,36-37H,22,24-30H2,1H3/b39-23+,40-31+. The average Bonchev–Trinajstić information content (AvgIpc) is 4.00. The van der Waals surface area contributed by atoms with Crippen LogP contribution in [-0.4, -0.2) is 48.2 Å². The van der Waals surface area contributed by atoms with Gasteiger partial charge in [-0.1, -0.05) is 121 Å². The molecule has 0 N–H and O–H groups in total. The van der Waals surface area contributed by atoms with E-state index in [0.29, 0.717) is 38.5 Å². The second-order valence-electron chi connectivity index (χ2n) is 12.1. The minimum absolute atomic E-state index is 0.322. The molecule has 2 heterocycles. The van der Waals surface area contributed by atoms with E-state index in [2.05, 4.69) is 132 Å². The Morgan fingerprint density at radius 2 is 1.14 bits per heavy atom. The Kier molecular flexibility index (Phi) is 9.80. The summed E-state index contributed by atoms with van der Waals surface area (Å²) < 4.78 is 12.9. The molecule has 44 heavy (non-hydrogen) atoms. The SMILES string of the molecule is C/C(CC(C/C=N/N1CC1c1ccccc1)(COCc1ccccc1)COCc1ccccc1)=N\N1CC1c1ccccc1. The van der Waals surface area contributed by atoms with E-state index in [1.54, 1.807) is 0 Å². The number of rotatable bonds is 16. The number of nitrogens with zero attached hydrogens (tertiary/aromatic N) is 4. The van der Waals surface area contributed by atoms with Crippen LogP contribution in [0.25, 0.3) is 0 Å². The van der Waals surface area contributed by atoms with Crippen LogP contribution in [0.2, 0.25) is 0 Å². The van der Waals surface area contributed by atoms with Gasteiger partial charge in [-0.05, 0) is 42.0 Å². The van der Waals surface area contributed by atoms with Crippen molar-refractivity contribution in [3.63, 3.8) is 0 Å². The van der Waals surface area contributed by atoms with Gasteiger partial charge < -0.3 is 9.47 Å². The molecule has 2 aliphatic heterocycles. The van der Waals surface area contributed by atoms with Gasteiger partial charge in [0.15, 0.2) is 0 Å². The number of ether oxygens (including phenoxy) is 2. The first-order valence-corrected chi connectivity index (χ1v) is 15.6. The summed E-state index contributed by atoms with van der Waals surface area (Å²) in [4.78, 5) is 0. The van der Waals surface area contributed by atoms with Gasteiger partial charge in [-0.25, -0.2) is 0 Å².